The molecule has 0 fully saturated rings. The van der Waals surface area contributed by atoms with Crippen LogP contribution in [0.25, 0.3) is 0 Å². The molecule has 0 aliphatic rings. The van der Waals surface area contributed by atoms with Crippen LogP contribution in [-0.4, -0.2) is 5.11 Å². The Bertz CT molecular complexity index is 523. The Morgan fingerprint density at radius 2 is 1.94 bits per heavy atom. The zero-order valence-corrected chi connectivity index (χ0v) is 9.68. The predicted octanol–water partition coefficient (Wildman–Crippen LogP) is 2.86. The van der Waals surface area contributed by atoms with Gasteiger partial charge in [0.15, 0.2) is 0 Å². The number of benzene rings is 2. The van der Waals surface area contributed by atoms with Gasteiger partial charge in [0, 0.05) is 0 Å². The van der Waals surface area contributed by atoms with Crippen molar-refractivity contribution >= 4 is 5.69 Å². The van der Waals surface area contributed by atoms with E-state index in [-0.39, 0.29) is 5.75 Å². The molecule has 0 heterocycles. The van der Waals surface area contributed by atoms with Gasteiger partial charge in [-0.1, -0.05) is 24.3 Å². The van der Waals surface area contributed by atoms with Gasteiger partial charge in [0.25, 0.3) is 0 Å². The minimum atomic E-state index is 0.239. The summed E-state index contributed by atoms with van der Waals surface area (Å²) in [5, 5.41) is 9.33. The zero-order valence-electron chi connectivity index (χ0n) is 9.68. The molecule has 88 valence electrons. The molecule has 0 aliphatic heterocycles. The molecule has 0 bridgehead atoms. The van der Waals surface area contributed by atoms with Crippen molar-refractivity contribution in [3.8, 4) is 11.5 Å². The van der Waals surface area contributed by atoms with E-state index in [2.05, 4.69) is 0 Å². The fourth-order valence-corrected chi connectivity index (χ4v) is 1.59. The van der Waals surface area contributed by atoms with Crippen molar-refractivity contribution in [3.05, 3.63) is 53.6 Å². The number of ether oxygens (including phenoxy) is 1. The van der Waals surface area contributed by atoms with E-state index in [0.29, 0.717) is 18.0 Å². The minimum absolute atomic E-state index is 0.239. The molecule has 0 saturated heterocycles. The number of anilines is 1. The van der Waals surface area contributed by atoms with Gasteiger partial charge in [-0.05, 0) is 36.2 Å². The van der Waals surface area contributed by atoms with E-state index in [1.807, 2.05) is 31.2 Å². The third kappa shape index (κ3) is 2.69. The van der Waals surface area contributed by atoms with Crippen LogP contribution in [0.5, 0.6) is 11.5 Å². The number of nitrogen functional groups attached to an aromatic ring is 1. The summed E-state index contributed by atoms with van der Waals surface area (Å²) in [4.78, 5) is 0. The summed E-state index contributed by atoms with van der Waals surface area (Å²) in [7, 11) is 0. The third-order valence-electron chi connectivity index (χ3n) is 2.59. The van der Waals surface area contributed by atoms with Crippen LogP contribution >= 0.6 is 0 Å². The minimum Gasteiger partial charge on any atom is -0.508 e. The molecule has 3 nitrogen and oxygen atoms in total. The Labute approximate surface area is 100 Å². The Hall–Kier alpha value is -2.16. The molecular formula is C14H15NO2. The number of hydrogen-bond donors (Lipinski definition) is 2. The first kappa shape index (κ1) is 11.3. The number of aromatic hydroxyl groups is 1. The molecule has 0 spiro atoms. The van der Waals surface area contributed by atoms with Crippen LogP contribution < -0.4 is 10.5 Å². The van der Waals surface area contributed by atoms with Gasteiger partial charge in [-0.2, -0.15) is 0 Å². The molecule has 2 aromatic carbocycles. The normalized spacial score (nSPS) is 10.2. The van der Waals surface area contributed by atoms with Gasteiger partial charge in [0.05, 0.1) is 5.69 Å². The smallest absolute Gasteiger partial charge is 0.142 e. The summed E-state index contributed by atoms with van der Waals surface area (Å²) < 4.78 is 5.62. The maximum Gasteiger partial charge on any atom is 0.142 e. The lowest BCUT2D eigenvalue weighted by atomic mass is 10.2. The van der Waals surface area contributed by atoms with E-state index in [0.717, 1.165) is 11.1 Å². The Morgan fingerprint density at radius 1 is 1.18 bits per heavy atom. The Morgan fingerprint density at radius 3 is 2.71 bits per heavy atom. The van der Waals surface area contributed by atoms with Crippen LogP contribution in [0.4, 0.5) is 5.69 Å². The van der Waals surface area contributed by atoms with E-state index in [9.17, 15) is 5.11 Å². The number of phenols is 1. The second kappa shape index (κ2) is 4.78. The summed E-state index contributed by atoms with van der Waals surface area (Å²) in [5.74, 6) is 0.914. The van der Waals surface area contributed by atoms with Gasteiger partial charge in [0.1, 0.15) is 18.1 Å². The number of para-hydroxylation sites is 1. The van der Waals surface area contributed by atoms with Gasteiger partial charge in [-0.15, -0.1) is 0 Å². The van der Waals surface area contributed by atoms with E-state index < -0.39 is 0 Å². The Kier molecular flexibility index (Phi) is 3.19. The SMILES string of the molecule is Cc1cccc(OCc2cccc(O)c2)c1N. The van der Waals surface area contributed by atoms with Gasteiger partial charge >= 0.3 is 0 Å². The molecule has 0 amide bonds. The number of hydrogen-bond acceptors (Lipinski definition) is 3. The van der Waals surface area contributed by atoms with Crippen LogP contribution in [0, 0.1) is 6.92 Å². The molecule has 0 saturated carbocycles. The largest absolute Gasteiger partial charge is 0.508 e. The number of nitrogens with two attached hydrogens (primary N) is 1. The highest BCUT2D eigenvalue weighted by Crippen LogP contribution is 2.25. The average Bonchev–Trinajstić information content (AvgIpc) is 2.31. The quantitative estimate of drug-likeness (QED) is 0.796. The average molecular weight is 229 g/mol. The zero-order chi connectivity index (χ0) is 12.3. The molecule has 3 N–H and O–H groups in total. The molecular weight excluding hydrogens is 214 g/mol. The summed E-state index contributed by atoms with van der Waals surface area (Å²) >= 11 is 0. The highest BCUT2D eigenvalue weighted by molar-refractivity contribution is 5.57. The monoisotopic (exact) mass is 229 g/mol. The molecule has 0 unspecified atom stereocenters. The van der Waals surface area contributed by atoms with E-state index in [1.165, 1.54) is 0 Å². The van der Waals surface area contributed by atoms with Crippen molar-refractivity contribution < 1.29 is 9.84 Å². The molecule has 0 radical (unpaired) electrons. The molecule has 17 heavy (non-hydrogen) atoms. The number of aryl methyl sites for hydroxylation is 1. The van der Waals surface area contributed by atoms with Gasteiger partial charge < -0.3 is 15.6 Å². The fourth-order valence-electron chi connectivity index (χ4n) is 1.59. The van der Waals surface area contributed by atoms with E-state index >= 15 is 0 Å². The van der Waals surface area contributed by atoms with Crippen molar-refractivity contribution in [1.82, 2.24) is 0 Å². The molecule has 2 rings (SSSR count). The number of phenolic OH excluding ortho intramolecular Hbond substituents is 1. The topological polar surface area (TPSA) is 55.5 Å². The first-order valence-electron chi connectivity index (χ1n) is 5.42. The van der Waals surface area contributed by atoms with Crippen molar-refractivity contribution in [3.63, 3.8) is 0 Å². The van der Waals surface area contributed by atoms with Gasteiger partial charge in [0.2, 0.25) is 0 Å². The van der Waals surface area contributed by atoms with Crippen molar-refractivity contribution in [2.24, 2.45) is 0 Å². The lowest BCUT2D eigenvalue weighted by Crippen LogP contribution is -1.99. The lowest BCUT2D eigenvalue weighted by molar-refractivity contribution is 0.307. The lowest BCUT2D eigenvalue weighted by Gasteiger charge is -2.10. The van der Waals surface area contributed by atoms with Crippen LogP contribution in [0.3, 0.4) is 0 Å². The highest BCUT2D eigenvalue weighted by Gasteiger charge is 2.03. The molecule has 0 aliphatic carbocycles. The van der Waals surface area contributed by atoms with Crippen LogP contribution in [0.15, 0.2) is 42.5 Å². The van der Waals surface area contributed by atoms with Crippen LogP contribution in [0.1, 0.15) is 11.1 Å². The molecule has 0 atom stereocenters. The predicted molar refractivity (Wildman–Crippen MR) is 68.0 cm³/mol. The van der Waals surface area contributed by atoms with Gasteiger partial charge in [-0.25, -0.2) is 0 Å². The van der Waals surface area contributed by atoms with Crippen molar-refractivity contribution in [1.29, 1.82) is 0 Å². The summed E-state index contributed by atoms with van der Waals surface area (Å²) in [6.45, 7) is 2.33. The highest BCUT2D eigenvalue weighted by atomic mass is 16.5. The summed E-state index contributed by atoms with van der Waals surface area (Å²) in [6, 6.07) is 12.7. The molecule has 0 aromatic heterocycles. The summed E-state index contributed by atoms with van der Waals surface area (Å²) in [5.41, 5.74) is 8.47. The first-order valence-corrected chi connectivity index (χ1v) is 5.42. The van der Waals surface area contributed by atoms with Crippen molar-refractivity contribution in [2.75, 3.05) is 5.73 Å². The standard InChI is InChI=1S/C14H15NO2/c1-10-4-2-7-13(14(10)15)17-9-11-5-3-6-12(16)8-11/h2-8,16H,9,15H2,1H3. The maximum atomic E-state index is 9.33. The molecule has 2 aromatic rings. The second-order valence-corrected chi connectivity index (χ2v) is 3.95. The van der Waals surface area contributed by atoms with Crippen molar-refractivity contribution in [2.45, 2.75) is 13.5 Å². The van der Waals surface area contributed by atoms with Crippen LogP contribution in [-0.2, 0) is 6.61 Å². The van der Waals surface area contributed by atoms with E-state index in [1.54, 1.807) is 18.2 Å². The fraction of sp³-hybridized carbons (Fsp3) is 0.143. The van der Waals surface area contributed by atoms with Gasteiger partial charge in [-0.3, -0.25) is 0 Å². The summed E-state index contributed by atoms with van der Waals surface area (Å²) in [6.07, 6.45) is 0. The first-order chi connectivity index (χ1) is 8.16. The number of rotatable bonds is 3. The Balaban J connectivity index is 2.10. The molecule has 3 heteroatoms. The van der Waals surface area contributed by atoms with Crippen LogP contribution in [0.2, 0.25) is 0 Å². The van der Waals surface area contributed by atoms with E-state index in [4.69, 9.17) is 10.5 Å². The maximum absolute atomic E-state index is 9.33. The third-order valence-corrected chi connectivity index (χ3v) is 2.59. The second-order valence-electron chi connectivity index (χ2n) is 3.95.